The van der Waals surface area contributed by atoms with Crippen molar-refractivity contribution in [1.29, 1.82) is 0 Å². The molecule has 2 aliphatic rings. The molecule has 1 fully saturated rings. The fourth-order valence-corrected chi connectivity index (χ4v) is 5.53. The Morgan fingerprint density at radius 2 is 1.79 bits per heavy atom. The molecule has 0 saturated carbocycles. The first-order valence-electron chi connectivity index (χ1n) is 13.4. The van der Waals surface area contributed by atoms with Crippen LogP contribution >= 0.6 is 0 Å². The predicted octanol–water partition coefficient (Wildman–Crippen LogP) is 5.38. The molecule has 210 valence electrons. The summed E-state index contributed by atoms with van der Waals surface area (Å²) < 4.78 is 29.2. The van der Waals surface area contributed by atoms with Gasteiger partial charge in [-0.3, -0.25) is 19.7 Å². The number of hydrogen-bond donors (Lipinski definition) is 1. The highest BCUT2D eigenvalue weighted by atomic mass is 19.1. The molecule has 0 bridgehead atoms. The molecule has 1 amide bonds. The number of non-ortho nitro benzene ring substituents is 1. The topological polar surface area (TPSA) is 116 Å². The quantitative estimate of drug-likeness (QED) is 0.220. The van der Waals surface area contributed by atoms with Gasteiger partial charge >= 0.3 is 0 Å². The van der Waals surface area contributed by atoms with Crippen LogP contribution in [0.2, 0.25) is 0 Å². The molecule has 11 heteroatoms. The summed E-state index contributed by atoms with van der Waals surface area (Å²) in [6.07, 6.45) is 1.50. The maximum absolute atomic E-state index is 15.8. The summed E-state index contributed by atoms with van der Waals surface area (Å²) in [7, 11) is 0. The standard InChI is InChI=1S/C31H23FN4O6/c32-24-15-22-28-30(27(24)33-16-18-4-3-7-21(12-18)36(39)40)42-26-14-20-6-2-1-5-19(20)13-25(26)35(28)17-23(29(22)37)31(38)34-8-10-41-11-9-34/h1-7,12-15,17,33H,8-11,16H2. The van der Waals surface area contributed by atoms with Crippen molar-refractivity contribution in [1.82, 2.24) is 9.47 Å². The second-order valence-electron chi connectivity index (χ2n) is 10.2. The third-order valence-corrected chi connectivity index (χ3v) is 7.61. The first kappa shape index (κ1) is 25.7. The zero-order valence-electron chi connectivity index (χ0n) is 22.1. The molecule has 0 radical (unpaired) electrons. The molecular weight excluding hydrogens is 543 g/mol. The van der Waals surface area contributed by atoms with E-state index in [9.17, 15) is 19.7 Å². The second-order valence-corrected chi connectivity index (χ2v) is 10.2. The fraction of sp³-hybridized carbons (Fsp3) is 0.161. The number of ether oxygens (including phenoxy) is 2. The van der Waals surface area contributed by atoms with Crippen molar-refractivity contribution in [3.63, 3.8) is 0 Å². The van der Waals surface area contributed by atoms with E-state index in [0.717, 1.165) is 16.8 Å². The smallest absolute Gasteiger partial charge is 0.269 e. The van der Waals surface area contributed by atoms with Crippen LogP contribution in [-0.2, 0) is 11.3 Å². The highest BCUT2D eigenvalue weighted by Gasteiger charge is 2.30. The van der Waals surface area contributed by atoms with Gasteiger partial charge < -0.3 is 24.3 Å². The number of benzene rings is 4. The monoisotopic (exact) mass is 566 g/mol. The van der Waals surface area contributed by atoms with E-state index in [1.807, 2.05) is 36.4 Å². The van der Waals surface area contributed by atoms with Gasteiger partial charge in [0.15, 0.2) is 17.3 Å². The molecule has 1 aromatic heterocycles. The van der Waals surface area contributed by atoms with Crippen LogP contribution in [0.15, 0.2) is 77.7 Å². The third kappa shape index (κ3) is 4.22. The Bertz CT molecular complexity index is 2000. The molecule has 10 nitrogen and oxygen atoms in total. The lowest BCUT2D eigenvalue weighted by molar-refractivity contribution is -0.384. The van der Waals surface area contributed by atoms with Crippen LogP contribution in [0.5, 0.6) is 11.5 Å². The van der Waals surface area contributed by atoms with Gasteiger partial charge in [-0.2, -0.15) is 0 Å². The first-order valence-corrected chi connectivity index (χ1v) is 13.4. The van der Waals surface area contributed by atoms with Gasteiger partial charge in [0.2, 0.25) is 5.43 Å². The Labute approximate surface area is 237 Å². The van der Waals surface area contributed by atoms with Crippen LogP contribution in [-0.4, -0.2) is 46.6 Å². The first-order chi connectivity index (χ1) is 20.4. The number of carbonyl (C=O) groups excluding carboxylic acids is 1. The molecule has 0 atom stereocenters. The summed E-state index contributed by atoms with van der Waals surface area (Å²) in [5.74, 6) is -0.704. The molecule has 2 aliphatic heterocycles. The van der Waals surface area contributed by atoms with E-state index in [1.165, 1.54) is 18.3 Å². The van der Waals surface area contributed by atoms with E-state index in [2.05, 4.69) is 5.32 Å². The van der Waals surface area contributed by atoms with Crippen molar-refractivity contribution >= 4 is 39.0 Å². The molecule has 4 aromatic carbocycles. The lowest BCUT2D eigenvalue weighted by atomic mass is 10.0. The van der Waals surface area contributed by atoms with Gasteiger partial charge in [-0.05, 0) is 34.5 Å². The van der Waals surface area contributed by atoms with Gasteiger partial charge in [0.1, 0.15) is 16.8 Å². The number of hydrogen-bond acceptors (Lipinski definition) is 7. The number of carbonyl (C=O) groups is 1. The number of aromatic nitrogens is 1. The number of nitrogens with one attached hydrogen (secondary N) is 1. The van der Waals surface area contributed by atoms with Crippen LogP contribution in [0.3, 0.4) is 0 Å². The Hall–Kier alpha value is -5.29. The molecule has 0 unspecified atom stereocenters. The van der Waals surface area contributed by atoms with Crippen molar-refractivity contribution in [2.75, 3.05) is 31.6 Å². The van der Waals surface area contributed by atoms with Crippen molar-refractivity contribution in [2.24, 2.45) is 0 Å². The molecule has 5 aromatic rings. The van der Waals surface area contributed by atoms with Crippen LogP contribution in [0.25, 0.3) is 27.4 Å². The second kappa shape index (κ2) is 9.96. The number of fused-ring (bicyclic) bond motifs is 3. The van der Waals surface area contributed by atoms with Crippen molar-refractivity contribution in [2.45, 2.75) is 6.54 Å². The summed E-state index contributed by atoms with van der Waals surface area (Å²) in [4.78, 5) is 39.5. The predicted molar refractivity (Wildman–Crippen MR) is 154 cm³/mol. The van der Waals surface area contributed by atoms with Crippen LogP contribution in [0.1, 0.15) is 15.9 Å². The van der Waals surface area contributed by atoms with E-state index >= 15 is 4.39 Å². The van der Waals surface area contributed by atoms with Crippen molar-refractivity contribution in [3.8, 4) is 17.2 Å². The van der Waals surface area contributed by atoms with Gasteiger partial charge in [-0.1, -0.05) is 36.4 Å². The Balaban J connectivity index is 1.42. The molecule has 1 saturated heterocycles. The van der Waals surface area contributed by atoms with E-state index < -0.39 is 22.1 Å². The van der Waals surface area contributed by atoms with E-state index in [1.54, 1.807) is 21.6 Å². The van der Waals surface area contributed by atoms with E-state index in [0.29, 0.717) is 48.8 Å². The fourth-order valence-electron chi connectivity index (χ4n) is 5.53. The number of anilines is 1. The number of morpholine rings is 1. The van der Waals surface area contributed by atoms with Gasteiger partial charge in [0.05, 0.1) is 29.2 Å². The summed E-state index contributed by atoms with van der Waals surface area (Å²) in [6.45, 7) is 1.49. The number of nitro benzene ring substituents is 1. The number of nitro groups is 1. The minimum absolute atomic E-state index is 0.00122. The van der Waals surface area contributed by atoms with Crippen LogP contribution in [0, 0.1) is 15.9 Å². The number of nitrogens with zero attached hydrogens (tertiary/aromatic N) is 3. The minimum atomic E-state index is -0.758. The van der Waals surface area contributed by atoms with Crippen molar-refractivity contribution in [3.05, 3.63) is 110 Å². The van der Waals surface area contributed by atoms with Crippen LogP contribution in [0.4, 0.5) is 15.8 Å². The Morgan fingerprint density at radius 1 is 1.02 bits per heavy atom. The Kier molecular flexibility index (Phi) is 6.09. The Morgan fingerprint density at radius 3 is 2.55 bits per heavy atom. The SMILES string of the molecule is O=C(c1cn2c3c(c(NCc4cccc([N+](=O)[O-])c4)c(F)cc3c1=O)Oc1cc3ccccc3cc1-2)N1CCOCC1. The zero-order valence-corrected chi connectivity index (χ0v) is 22.1. The molecule has 1 N–H and O–H groups in total. The highest BCUT2D eigenvalue weighted by Crippen LogP contribution is 2.46. The minimum Gasteiger partial charge on any atom is -0.451 e. The summed E-state index contributed by atoms with van der Waals surface area (Å²) in [5, 5.41) is 16.1. The maximum Gasteiger partial charge on any atom is 0.269 e. The zero-order chi connectivity index (χ0) is 29.0. The number of rotatable bonds is 5. The van der Waals surface area contributed by atoms with Crippen LogP contribution < -0.4 is 15.5 Å². The van der Waals surface area contributed by atoms with Crippen molar-refractivity contribution < 1.29 is 23.6 Å². The van der Waals surface area contributed by atoms with Gasteiger partial charge in [-0.25, -0.2) is 4.39 Å². The lowest BCUT2D eigenvalue weighted by Gasteiger charge is -2.29. The maximum atomic E-state index is 15.8. The molecular formula is C31H23FN4O6. The average molecular weight is 567 g/mol. The summed E-state index contributed by atoms with van der Waals surface area (Å²) >= 11 is 0. The van der Waals surface area contributed by atoms with E-state index in [-0.39, 0.29) is 34.6 Å². The normalized spacial score (nSPS) is 14.0. The van der Waals surface area contributed by atoms with E-state index in [4.69, 9.17) is 9.47 Å². The number of halogens is 1. The molecule has 3 heterocycles. The number of pyridine rings is 1. The average Bonchev–Trinajstić information content (AvgIpc) is 3.01. The lowest BCUT2D eigenvalue weighted by Crippen LogP contribution is -2.42. The van der Waals surface area contributed by atoms with Gasteiger partial charge in [-0.15, -0.1) is 0 Å². The molecule has 0 aliphatic carbocycles. The molecule has 7 rings (SSSR count). The summed E-state index contributed by atoms with van der Waals surface area (Å²) in [5.41, 5.74) is 0.694. The van der Waals surface area contributed by atoms with Gasteiger partial charge in [0, 0.05) is 38.0 Å². The molecule has 42 heavy (non-hydrogen) atoms. The van der Waals surface area contributed by atoms with Gasteiger partial charge in [0.25, 0.3) is 11.6 Å². The largest absolute Gasteiger partial charge is 0.451 e. The third-order valence-electron chi connectivity index (χ3n) is 7.61. The number of amides is 1. The summed E-state index contributed by atoms with van der Waals surface area (Å²) in [6, 6.07) is 18.5. The molecule has 0 spiro atoms. The highest BCUT2D eigenvalue weighted by molar-refractivity contribution is 6.02.